The molecule has 2 heterocycles. The molecule has 1 aromatic heterocycles. The van der Waals surface area contributed by atoms with Gasteiger partial charge in [0.25, 0.3) is 0 Å². The van der Waals surface area contributed by atoms with E-state index in [1.165, 1.54) is 11.1 Å². The lowest BCUT2D eigenvalue weighted by Crippen LogP contribution is -2.28. The van der Waals surface area contributed by atoms with Gasteiger partial charge in [0.15, 0.2) is 0 Å². The fraction of sp³-hybridized carbons (Fsp3) is 0.188. The Balaban J connectivity index is 1.72. The molecule has 2 aromatic carbocycles. The van der Waals surface area contributed by atoms with E-state index in [9.17, 15) is 0 Å². The zero-order valence-electron chi connectivity index (χ0n) is 11.7. The number of fused-ring (bicyclic) bond motifs is 1. The Morgan fingerprint density at radius 2 is 1.77 bits per heavy atom. The van der Waals surface area contributed by atoms with Crippen molar-refractivity contribution in [2.45, 2.75) is 18.5 Å². The predicted octanol–water partition coefficient (Wildman–Crippen LogP) is 3.58. The summed E-state index contributed by atoms with van der Waals surface area (Å²) in [5.74, 6) is 0.716. The van der Waals surface area contributed by atoms with E-state index < -0.39 is 0 Å². The SMILES string of the molecule is Brc1ccc(C2CC(c3ccccc3)n3nnnc3N2)cc1. The maximum atomic E-state index is 4.14. The van der Waals surface area contributed by atoms with Crippen LogP contribution in [-0.4, -0.2) is 20.2 Å². The van der Waals surface area contributed by atoms with E-state index in [1.54, 1.807) is 0 Å². The molecule has 2 unspecified atom stereocenters. The van der Waals surface area contributed by atoms with Gasteiger partial charge in [-0.15, -0.1) is 0 Å². The topological polar surface area (TPSA) is 55.6 Å². The van der Waals surface area contributed by atoms with Gasteiger partial charge in [0.05, 0.1) is 12.1 Å². The molecule has 6 heteroatoms. The lowest BCUT2D eigenvalue weighted by Gasteiger charge is -2.31. The van der Waals surface area contributed by atoms with Crippen LogP contribution >= 0.6 is 15.9 Å². The molecule has 0 amide bonds. The molecule has 0 bridgehead atoms. The van der Waals surface area contributed by atoms with E-state index in [0.29, 0.717) is 5.95 Å². The Morgan fingerprint density at radius 3 is 2.55 bits per heavy atom. The van der Waals surface area contributed by atoms with Crippen LogP contribution in [0.4, 0.5) is 5.95 Å². The van der Waals surface area contributed by atoms with Crippen molar-refractivity contribution in [1.82, 2.24) is 20.2 Å². The highest BCUT2D eigenvalue weighted by Crippen LogP contribution is 2.37. The molecule has 0 spiro atoms. The third kappa shape index (κ3) is 2.39. The van der Waals surface area contributed by atoms with Crippen molar-refractivity contribution in [3.05, 3.63) is 70.2 Å². The van der Waals surface area contributed by atoms with Gasteiger partial charge in [-0.3, -0.25) is 0 Å². The van der Waals surface area contributed by atoms with Crippen LogP contribution in [-0.2, 0) is 0 Å². The summed E-state index contributed by atoms with van der Waals surface area (Å²) < 4.78 is 2.95. The zero-order valence-corrected chi connectivity index (χ0v) is 13.3. The van der Waals surface area contributed by atoms with Gasteiger partial charge in [-0.25, -0.2) is 4.68 Å². The fourth-order valence-electron chi connectivity index (χ4n) is 2.90. The molecule has 0 aliphatic carbocycles. The molecular weight excluding hydrogens is 342 g/mol. The number of tetrazole rings is 1. The van der Waals surface area contributed by atoms with Crippen LogP contribution in [0.2, 0.25) is 0 Å². The smallest absolute Gasteiger partial charge is 0.243 e. The van der Waals surface area contributed by atoms with E-state index in [2.05, 4.69) is 85.3 Å². The summed E-state index contributed by atoms with van der Waals surface area (Å²) in [6.07, 6.45) is 0.906. The Hall–Kier alpha value is -2.21. The molecule has 22 heavy (non-hydrogen) atoms. The van der Waals surface area contributed by atoms with Gasteiger partial charge in [-0.05, 0) is 40.1 Å². The fourth-order valence-corrected chi connectivity index (χ4v) is 3.17. The van der Waals surface area contributed by atoms with Gasteiger partial charge in [0.1, 0.15) is 0 Å². The first kappa shape index (κ1) is 13.5. The maximum absolute atomic E-state index is 4.14. The number of benzene rings is 2. The second-order valence-corrected chi connectivity index (χ2v) is 6.27. The first-order valence-electron chi connectivity index (χ1n) is 7.16. The molecule has 4 rings (SSSR count). The quantitative estimate of drug-likeness (QED) is 0.763. The molecule has 1 aliphatic rings. The summed E-state index contributed by atoms with van der Waals surface area (Å²) in [4.78, 5) is 0. The van der Waals surface area contributed by atoms with Gasteiger partial charge in [0, 0.05) is 4.47 Å². The molecule has 1 N–H and O–H groups in total. The summed E-state index contributed by atoms with van der Waals surface area (Å²) in [7, 11) is 0. The molecule has 1 aliphatic heterocycles. The van der Waals surface area contributed by atoms with Crippen molar-refractivity contribution in [1.29, 1.82) is 0 Å². The number of anilines is 1. The van der Waals surface area contributed by atoms with Crippen molar-refractivity contribution in [2.24, 2.45) is 0 Å². The van der Waals surface area contributed by atoms with Crippen molar-refractivity contribution in [2.75, 3.05) is 5.32 Å². The minimum absolute atomic E-state index is 0.140. The standard InChI is InChI=1S/C16H14BrN5/c17-13-8-6-11(7-9-13)14-10-15(12-4-2-1-3-5-12)22-16(18-14)19-20-21-22/h1-9,14-15H,10H2,(H,18,19,21). The largest absolute Gasteiger partial charge is 0.346 e. The van der Waals surface area contributed by atoms with Gasteiger partial charge in [-0.1, -0.05) is 63.5 Å². The Bertz CT molecular complexity index is 769. The van der Waals surface area contributed by atoms with E-state index >= 15 is 0 Å². The van der Waals surface area contributed by atoms with Gasteiger partial charge in [-0.2, -0.15) is 0 Å². The van der Waals surface area contributed by atoms with Crippen LogP contribution in [0, 0.1) is 0 Å². The van der Waals surface area contributed by atoms with Crippen molar-refractivity contribution < 1.29 is 0 Å². The maximum Gasteiger partial charge on any atom is 0.243 e. The zero-order chi connectivity index (χ0) is 14.9. The number of aromatic nitrogens is 4. The minimum atomic E-state index is 0.140. The van der Waals surface area contributed by atoms with E-state index in [0.717, 1.165) is 10.9 Å². The van der Waals surface area contributed by atoms with Crippen LogP contribution in [0.25, 0.3) is 0 Å². The van der Waals surface area contributed by atoms with Gasteiger partial charge >= 0.3 is 0 Å². The molecule has 3 aromatic rings. The molecule has 0 saturated heterocycles. The molecule has 2 atom stereocenters. The second kappa shape index (κ2) is 5.53. The van der Waals surface area contributed by atoms with Crippen molar-refractivity contribution >= 4 is 21.9 Å². The third-order valence-electron chi connectivity index (χ3n) is 4.01. The number of hydrogen-bond acceptors (Lipinski definition) is 4. The number of nitrogens with one attached hydrogen (secondary N) is 1. The Labute approximate surface area is 136 Å². The lowest BCUT2D eigenvalue weighted by atomic mass is 9.93. The van der Waals surface area contributed by atoms with Crippen LogP contribution < -0.4 is 5.32 Å². The normalized spacial score (nSPS) is 20.2. The van der Waals surface area contributed by atoms with Crippen LogP contribution in [0.3, 0.4) is 0 Å². The van der Waals surface area contributed by atoms with E-state index in [4.69, 9.17) is 0 Å². The summed E-state index contributed by atoms with van der Waals surface area (Å²) in [6.45, 7) is 0. The molecule has 0 saturated carbocycles. The van der Waals surface area contributed by atoms with Crippen LogP contribution in [0.1, 0.15) is 29.6 Å². The van der Waals surface area contributed by atoms with E-state index in [-0.39, 0.29) is 12.1 Å². The van der Waals surface area contributed by atoms with E-state index in [1.807, 2.05) is 10.7 Å². The average Bonchev–Trinajstić information content (AvgIpc) is 3.04. The summed E-state index contributed by atoms with van der Waals surface area (Å²) in [5.41, 5.74) is 2.46. The second-order valence-electron chi connectivity index (χ2n) is 5.36. The van der Waals surface area contributed by atoms with Crippen LogP contribution in [0.15, 0.2) is 59.1 Å². The van der Waals surface area contributed by atoms with Crippen molar-refractivity contribution in [3.8, 4) is 0 Å². The lowest BCUT2D eigenvalue weighted by molar-refractivity contribution is 0.424. The first-order chi connectivity index (χ1) is 10.8. The number of nitrogens with zero attached hydrogens (tertiary/aromatic N) is 4. The summed E-state index contributed by atoms with van der Waals surface area (Å²) in [5, 5.41) is 15.5. The van der Waals surface area contributed by atoms with Crippen LogP contribution in [0.5, 0.6) is 0 Å². The summed E-state index contributed by atoms with van der Waals surface area (Å²) >= 11 is 3.48. The minimum Gasteiger partial charge on any atom is -0.346 e. The van der Waals surface area contributed by atoms with Gasteiger partial charge in [0.2, 0.25) is 5.95 Å². The summed E-state index contributed by atoms with van der Waals surface area (Å²) in [6, 6.07) is 19.1. The first-order valence-corrected chi connectivity index (χ1v) is 7.95. The Morgan fingerprint density at radius 1 is 1.00 bits per heavy atom. The predicted molar refractivity (Wildman–Crippen MR) is 87.5 cm³/mol. The third-order valence-corrected chi connectivity index (χ3v) is 4.54. The highest BCUT2D eigenvalue weighted by Gasteiger charge is 2.30. The monoisotopic (exact) mass is 355 g/mol. The molecule has 0 fully saturated rings. The molecule has 5 nitrogen and oxygen atoms in total. The molecule has 110 valence electrons. The highest BCUT2D eigenvalue weighted by molar-refractivity contribution is 9.10. The van der Waals surface area contributed by atoms with Gasteiger partial charge < -0.3 is 5.32 Å². The number of halogens is 1. The van der Waals surface area contributed by atoms with Crippen molar-refractivity contribution in [3.63, 3.8) is 0 Å². The number of hydrogen-bond donors (Lipinski definition) is 1. The number of rotatable bonds is 2. The molecule has 0 radical (unpaired) electrons. The highest BCUT2D eigenvalue weighted by atomic mass is 79.9. The average molecular weight is 356 g/mol. The molecular formula is C16H14BrN5. The Kier molecular flexibility index (Phi) is 3.38.